The number of nitrogens with two attached hydrogens (primary N) is 1. The molecule has 4 rings (SSSR count). The van der Waals surface area contributed by atoms with Crippen LogP contribution in [0, 0.1) is 13.8 Å². The molecule has 0 aliphatic carbocycles. The molecule has 0 aliphatic heterocycles. The molecular formula is C24H24ClN7O3S2. The Morgan fingerprint density at radius 1 is 1.05 bits per heavy atom. The van der Waals surface area contributed by atoms with Gasteiger partial charge in [-0.05, 0) is 68.3 Å². The summed E-state index contributed by atoms with van der Waals surface area (Å²) in [5, 5.41) is 17.6. The molecule has 4 aromatic rings. The lowest BCUT2D eigenvalue weighted by atomic mass is 10.1. The lowest BCUT2D eigenvalue weighted by molar-refractivity contribution is 0.0948. The molecule has 2 aromatic carbocycles. The van der Waals surface area contributed by atoms with E-state index in [2.05, 4.69) is 25.6 Å². The van der Waals surface area contributed by atoms with Crippen LogP contribution in [-0.4, -0.2) is 45.8 Å². The van der Waals surface area contributed by atoms with Crippen LogP contribution in [0.25, 0.3) is 5.69 Å². The van der Waals surface area contributed by atoms with Gasteiger partial charge in [-0.15, -0.1) is 5.10 Å². The van der Waals surface area contributed by atoms with Gasteiger partial charge >= 0.3 is 0 Å². The molecule has 0 atom stereocenters. The number of aromatic nitrogens is 5. The van der Waals surface area contributed by atoms with Crippen LogP contribution < -0.4 is 10.5 Å². The number of sulfonamides is 1. The Labute approximate surface area is 223 Å². The molecule has 0 unspecified atom stereocenters. The molecule has 192 valence electrons. The number of carbonyl (C=O) groups excluding carboxylic acids is 1. The molecule has 2 heterocycles. The molecule has 13 heteroatoms. The van der Waals surface area contributed by atoms with Gasteiger partial charge in [0.25, 0.3) is 5.91 Å². The molecule has 0 aliphatic rings. The maximum Gasteiger partial charge on any atom is 0.273 e. The zero-order chi connectivity index (χ0) is 26.6. The third-order valence-electron chi connectivity index (χ3n) is 5.30. The topological polar surface area (TPSA) is 146 Å². The van der Waals surface area contributed by atoms with E-state index in [9.17, 15) is 13.2 Å². The van der Waals surface area contributed by atoms with Crippen LogP contribution >= 0.6 is 23.4 Å². The van der Waals surface area contributed by atoms with Gasteiger partial charge in [0.05, 0.1) is 16.3 Å². The number of nitrogens with zero attached hydrogens (tertiary/aromatic N) is 5. The van der Waals surface area contributed by atoms with E-state index >= 15 is 0 Å². The first-order chi connectivity index (χ1) is 17.6. The van der Waals surface area contributed by atoms with Crippen molar-refractivity contribution in [2.75, 3.05) is 6.54 Å². The first-order valence-electron chi connectivity index (χ1n) is 11.2. The summed E-state index contributed by atoms with van der Waals surface area (Å²) < 4.78 is 24.5. The summed E-state index contributed by atoms with van der Waals surface area (Å²) in [6, 6.07) is 15.2. The molecule has 37 heavy (non-hydrogen) atoms. The SMILES string of the molecule is Cc1cc(C)nc(SCc2c(C(=O)NCCc3ccc(S(N)(=O)=O)cc3)nnn2-c2ccc(Cl)cc2)n1. The molecule has 1 amide bonds. The highest BCUT2D eigenvalue weighted by Crippen LogP contribution is 2.24. The van der Waals surface area contributed by atoms with Crippen molar-refractivity contribution in [2.45, 2.75) is 36.1 Å². The second kappa shape index (κ2) is 11.4. The van der Waals surface area contributed by atoms with Crippen LogP contribution in [-0.2, 0) is 22.2 Å². The lowest BCUT2D eigenvalue weighted by Gasteiger charge is -2.09. The zero-order valence-electron chi connectivity index (χ0n) is 20.1. The van der Waals surface area contributed by atoms with Gasteiger partial charge in [-0.25, -0.2) is 28.2 Å². The van der Waals surface area contributed by atoms with Gasteiger partial charge in [0.1, 0.15) is 0 Å². The number of nitrogens with one attached hydrogen (secondary N) is 1. The van der Waals surface area contributed by atoms with Gasteiger partial charge in [0.15, 0.2) is 10.9 Å². The molecule has 0 fully saturated rings. The molecule has 0 saturated carbocycles. The summed E-state index contributed by atoms with van der Waals surface area (Å²) in [5.41, 5.74) is 4.05. The van der Waals surface area contributed by atoms with E-state index in [1.54, 1.807) is 41.1 Å². The number of carbonyl (C=O) groups is 1. The maximum atomic E-state index is 13.1. The number of halogens is 1. The molecule has 0 spiro atoms. The highest BCUT2D eigenvalue weighted by molar-refractivity contribution is 7.98. The van der Waals surface area contributed by atoms with Crippen LogP contribution in [0.1, 0.15) is 33.1 Å². The Bertz CT molecular complexity index is 1500. The summed E-state index contributed by atoms with van der Waals surface area (Å²) in [7, 11) is -3.75. The number of rotatable bonds is 9. The highest BCUT2D eigenvalue weighted by atomic mass is 35.5. The Hall–Kier alpha value is -3.32. The third kappa shape index (κ3) is 6.92. The molecule has 0 bridgehead atoms. The fraction of sp³-hybridized carbons (Fsp3) is 0.208. The Kier molecular flexibility index (Phi) is 8.22. The average Bonchev–Trinajstić information content (AvgIpc) is 3.26. The van der Waals surface area contributed by atoms with Crippen molar-refractivity contribution in [1.29, 1.82) is 0 Å². The highest BCUT2D eigenvalue weighted by Gasteiger charge is 2.21. The number of primary sulfonamides is 1. The number of hydrogen-bond acceptors (Lipinski definition) is 8. The van der Waals surface area contributed by atoms with Crippen molar-refractivity contribution in [3.63, 3.8) is 0 Å². The Morgan fingerprint density at radius 2 is 1.70 bits per heavy atom. The summed E-state index contributed by atoms with van der Waals surface area (Å²) in [6.45, 7) is 4.12. The van der Waals surface area contributed by atoms with Gasteiger partial charge in [-0.2, -0.15) is 0 Å². The van der Waals surface area contributed by atoms with Gasteiger partial charge in [-0.3, -0.25) is 4.79 Å². The largest absolute Gasteiger partial charge is 0.350 e. The van der Waals surface area contributed by atoms with Crippen molar-refractivity contribution >= 4 is 39.3 Å². The van der Waals surface area contributed by atoms with Gasteiger partial charge in [0.2, 0.25) is 10.0 Å². The van der Waals surface area contributed by atoms with Crippen molar-refractivity contribution < 1.29 is 13.2 Å². The van der Waals surface area contributed by atoms with E-state index in [1.165, 1.54) is 23.9 Å². The van der Waals surface area contributed by atoms with E-state index in [-0.39, 0.29) is 16.5 Å². The third-order valence-corrected chi connectivity index (χ3v) is 7.34. The number of benzene rings is 2. The Morgan fingerprint density at radius 3 is 2.32 bits per heavy atom. The van der Waals surface area contributed by atoms with Gasteiger partial charge in [0, 0.05) is 28.7 Å². The molecule has 0 saturated heterocycles. The van der Waals surface area contributed by atoms with Crippen molar-refractivity contribution in [3.8, 4) is 5.69 Å². The number of amides is 1. The predicted molar refractivity (Wildman–Crippen MR) is 141 cm³/mol. The molecule has 0 radical (unpaired) electrons. The van der Waals surface area contributed by atoms with E-state index in [0.717, 1.165) is 17.0 Å². The van der Waals surface area contributed by atoms with Crippen molar-refractivity contribution in [2.24, 2.45) is 5.14 Å². The first-order valence-corrected chi connectivity index (χ1v) is 14.1. The smallest absolute Gasteiger partial charge is 0.273 e. The molecule has 3 N–H and O–H groups in total. The summed E-state index contributed by atoms with van der Waals surface area (Å²) >= 11 is 7.42. The fourth-order valence-electron chi connectivity index (χ4n) is 3.54. The molecule has 10 nitrogen and oxygen atoms in total. The molecular weight excluding hydrogens is 534 g/mol. The first kappa shape index (κ1) is 26.7. The van der Waals surface area contributed by atoms with Crippen molar-refractivity contribution in [1.82, 2.24) is 30.3 Å². The standard InChI is InChI=1S/C24H24ClN7O3S2/c1-15-13-16(2)29-24(28-15)36-14-21-22(30-31-32(21)19-7-5-18(25)6-8-19)23(33)27-12-11-17-3-9-20(10-4-17)37(26,34)35/h3-10,13H,11-12,14H2,1-2H3,(H,27,33)(H2,26,34,35). The quantitative estimate of drug-likeness (QED) is 0.235. The second-order valence-electron chi connectivity index (χ2n) is 8.19. The van der Waals surface area contributed by atoms with Crippen LogP contribution in [0.3, 0.4) is 0 Å². The monoisotopic (exact) mass is 557 g/mol. The van der Waals surface area contributed by atoms with E-state index in [4.69, 9.17) is 16.7 Å². The van der Waals surface area contributed by atoms with Crippen LogP contribution in [0.2, 0.25) is 5.02 Å². The van der Waals surface area contributed by atoms with Crippen LogP contribution in [0.15, 0.2) is 64.6 Å². The second-order valence-corrected chi connectivity index (χ2v) is 11.1. The average molecular weight is 558 g/mol. The van der Waals surface area contributed by atoms with E-state index in [0.29, 0.717) is 40.3 Å². The minimum atomic E-state index is -3.75. The van der Waals surface area contributed by atoms with E-state index in [1.807, 2.05) is 19.9 Å². The van der Waals surface area contributed by atoms with Gasteiger partial charge < -0.3 is 5.32 Å². The van der Waals surface area contributed by atoms with Crippen LogP contribution in [0.5, 0.6) is 0 Å². The maximum absolute atomic E-state index is 13.1. The molecule has 2 aromatic heterocycles. The van der Waals surface area contributed by atoms with Gasteiger partial charge in [-0.1, -0.05) is 40.7 Å². The Balaban J connectivity index is 1.51. The fourth-order valence-corrected chi connectivity index (χ4v) is 5.12. The zero-order valence-corrected chi connectivity index (χ0v) is 22.4. The van der Waals surface area contributed by atoms with Crippen LogP contribution in [0.4, 0.5) is 0 Å². The summed E-state index contributed by atoms with van der Waals surface area (Å²) in [4.78, 5) is 22.0. The summed E-state index contributed by atoms with van der Waals surface area (Å²) in [6.07, 6.45) is 0.489. The van der Waals surface area contributed by atoms with Crippen molar-refractivity contribution in [3.05, 3.63) is 88.0 Å². The number of hydrogen-bond donors (Lipinski definition) is 2. The number of thioether (sulfide) groups is 1. The normalized spacial score (nSPS) is 11.5. The minimum absolute atomic E-state index is 0.0361. The minimum Gasteiger partial charge on any atom is -0.350 e. The van der Waals surface area contributed by atoms with E-state index < -0.39 is 10.0 Å². The predicted octanol–water partition coefficient (Wildman–Crippen LogP) is 3.24. The number of aryl methyl sites for hydroxylation is 2. The summed E-state index contributed by atoms with van der Waals surface area (Å²) in [5.74, 6) is -0.0191. The lowest BCUT2D eigenvalue weighted by Crippen LogP contribution is -2.27.